The van der Waals surface area contributed by atoms with Crippen molar-refractivity contribution < 1.29 is 9.53 Å². The smallest absolute Gasteiger partial charge is 0.236 e. The van der Waals surface area contributed by atoms with E-state index in [1.54, 1.807) is 7.11 Å². The lowest BCUT2D eigenvalue weighted by Crippen LogP contribution is -2.50. The Morgan fingerprint density at radius 2 is 1.86 bits per heavy atom. The maximum Gasteiger partial charge on any atom is 0.236 e. The van der Waals surface area contributed by atoms with Gasteiger partial charge in [0, 0.05) is 51.0 Å². The molecule has 1 amide bonds. The van der Waals surface area contributed by atoms with E-state index in [1.807, 2.05) is 30.9 Å². The second-order valence-electron chi connectivity index (χ2n) is 5.53. The van der Waals surface area contributed by atoms with Gasteiger partial charge < -0.3 is 14.5 Å². The molecule has 0 bridgehead atoms. The van der Waals surface area contributed by atoms with Gasteiger partial charge in [0.1, 0.15) is 5.75 Å². The minimum absolute atomic E-state index is 0.236. The summed E-state index contributed by atoms with van der Waals surface area (Å²) in [5, 5.41) is 0. The number of hydrogen-bond donors (Lipinski definition) is 0. The predicted molar refractivity (Wildman–Crippen MR) is 89.6 cm³/mol. The summed E-state index contributed by atoms with van der Waals surface area (Å²) >= 11 is 0. The van der Waals surface area contributed by atoms with E-state index < -0.39 is 0 Å². The molecule has 0 aliphatic carbocycles. The summed E-state index contributed by atoms with van der Waals surface area (Å²) in [5.74, 6) is 1.12. The molecule has 0 N–H and O–H groups in total. The minimum Gasteiger partial charge on any atom is -0.497 e. The van der Waals surface area contributed by atoms with Crippen LogP contribution in [0.2, 0.25) is 0 Å². The van der Waals surface area contributed by atoms with Crippen molar-refractivity contribution in [2.75, 3.05) is 57.8 Å². The molecule has 122 valence electrons. The largest absolute Gasteiger partial charge is 0.497 e. The Balaban J connectivity index is 1.86. The topological polar surface area (TPSA) is 36.0 Å². The summed E-state index contributed by atoms with van der Waals surface area (Å²) in [7, 11) is 1.69. The number of carbonyl (C=O) groups is 1. The van der Waals surface area contributed by atoms with Crippen LogP contribution in [0.5, 0.6) is 5.75 Å². The number of nitrogens with zero attached hydrogens (tertiary/aromatic N) is 3. The molecular weight excluding hydrogens is 278 g/mol. The van der Waals surface area contributed by atoms with Gasteiger partial charge in [-0.2, -0.15) is 0 Å². The first-order valence-electron chi connectivity index (χ1n) is 8.07. The predicted octanol–water partition coefficient (Wildman–Crippen LogP) is 1.69. The molecule has 1 saturated heterocycles. The Labute approximate surface area is 133 Å². The SMILES string of the molecule is CCN(CC)C(=O)CN1CCN(c2cccc(OC)c2)CC1. The average molecular weight is 305 g/mol. The van der Waals surface area contributed by atoms with Crippen molar-refractivity contribution in [3.63, 3.8) is 0 Å². The molecule has 1 aromatic carbocycles. The molecule has 2 rings (SSSR count). The zero-order valence-electron chi connectivity index (χ0n) is 13.9. The normalized spacial score (nSPS) is 15.7. The summed E-state index contributed by atoms with van der Waals surface area (Å²) in [6, 6.07) is 8.16. The molecule has 1 aliphatic heterocycles. The van der Waals surface area contributed by atoms with E-state index in [2.05, 4.69) is 21.9 Å². The number of anilines is 1. The van der Waals surface area contributed by atoms with E-state index in [4.69, 9.17) is 4.74 Å². The second-order valence-corrected chi connectivity index (χ2v) is 5.53. The lowest BCUT2D eigenvalue weighted by atomic mass is 10.2. The highest BCUT2D eigenvalue weighted by Gasteiger charge is 2.21. The monoisotopic (exact) mass is 305 g/mol. The molecule has 5 heteroatoms. The quantitative estimate of drug-likeness (QED) is 0.801. The van der Waals surface area contributed by atoms with Crippen molar-refractivity contribution >= 4 is 11.6 Å². The number of rotatable bonds is 6. The molecule has 5 nitrogen and oxygen atoms in total. The van der Waals surface area contributed by atoms with Gasteiger partial charge in [0.25, 0.3) is 0 Å². The number of piperazine rings is 1. The van der Waals surface area contributed by atoms with E-state index in [0.717, 1.165) is 45.0 Å². The van der Waals surface area contributed by atoms with Crippen LogP contribution in [-0.2, 0) is 4.79 Å². The molecule has 1 aromatic rings. The number of methoxy groups -OCH3 is 1. The van der Waals surface area contributed by atoms with Crippen LogP contribution >= 0.6 is 0 Å². The maximum atomic E-state index is 12.2. The molecule has 1 fully saturated rings. The molecule has 0 radical (unpaired) electrons. The van der Waals surface area contributed by atoms with Crippen LogP contribution in [0.15, 0.2) is 24.3 Å². The maximum absolute atomic E-state index is 12.2. The Kier molecular flexibility index (Phi) is 6.07. The van der Waals surface area contributed by atoms with E-state index >= 15 is 0 Å². The average Bonchev–Trinajstić information content (AvgIpc) is 2.56. The summed E-state index contributed by atoms with van der Waals surface area (Å²) < 4.78 is 5.28. The van der Waals surface area contributed by atoms with Crippen LogP contribution in [0.4, 0.5) is 5.69 Å². The number of benzene rings is 1. The Morgan fingerprint density at radius 1 is 1.18 bits per heavy atom. The van der Waals surface area contributed by atoms with Gasteiger partial charge in [-0.1, -0.05) is 6.07 Å². The Bertz CT molecular complexity index is 481. The van der Waals surface area contributed by atoms with E-state index in [9.17, 15) is 4.79 Å². The van der Waals surface area contributed by atoms with Crippen LogP contribution in [-0.4, -0.2) is 68.6 Å². The first-order chi connectivity index (χ1) is 10.7. The van der Waals surface area contributed by atoms with Gasteiger partial charge in [-0.15, -0.1) is 0 Å². The number of hydrogen-bond acceptors (Lipinski definition) is 4. The molecule has 0 unspecified atom stereocenters. The molecule has 0 spiro atoms. The van der Waals surface area contributed by atoms with Crippen molar-refractivity contribution in [1.29, 1.82) is 0 Å². The molecular formula is C17H27N3O2. The van der Waals surface area contributed by atoms with E-state index in [-0.39, 0.29) is 5.91 Å². The van der Waals surface area contributed by atoms with Gasteiger partial charge in [0.15, 0.2) is 0 Å². The van der Waals surface area contributed by atoms with Gasteiger partial charge in [-0.3, -0.25) is 9.69 Å². The second kappa shape index (κ2) is 8.03. The van der Waals surface area contributed by atoms with Crippen molar-refractivity contribution in [2.45, 2.75) is 13.8 Å². The third-order valence-corrected chi connectivity index (χ3v) is 4.27. The molecule has 1 aliphatic rings. The summed E-state index contributed by atoms with van der Waals surface area (Å²) in [5.41, 5.74) is 1.19. The van der Waals surface area contributed by atoms with Crippen molar-refractivity contribution in [3.8, 4) is 5.75 Å². The molecule has 22 heavy (non-hydrogen) atoms. The van der Waals surface area contributed by atoms with Gasteiger partial charge >= 0.3 is 0 Å². The van der Waals surface area contributed by atoms with Crippen molar-refractivity contribution in [3.05, 3.63) is 24.3 Å². The number of ether oxygens (including phenoxy) is 1. The van der Waals surface area contributed by atoms with E-state index in [0.29, 0.717) is 6.54 Å². The summed E-state index contributed by atoms with van der Waals surface area (Å²) in [4.78, 5) is 18.7. The molecule has 1 heterocycles. The fourth-order valence-corrected chi connectivity index (χ4v) is 2.84. The van der Waals surface area contributed by atoms with E-state index in [1.165, 1.54) is 5.69 Å². The Morgan fingerprint density at radius 3 is 2.45 bits per heavy atom. The zero-order valence-corrected chi connectivity index (χ0v) is 13.9. The lowest BCUT2D eigenvalue weighted by molar-refractivity contribution is -0.132. The first kappa shape index (κ1) is 16.6. The van der Waals surface area contributed by atoms with Gasteiger partial charge in [-0.05, 0) is 26.0 Å². The molecule has 0 atom stereocenters. The first-order valence-corrected chi connectivity index (χ1v) is 8.07. The number of amides is 1. The van der Waals surface area contributed by atoms with Crippen molar-refractivity contribution in [1.82, 2.24) is 9.80 Å². The van der Waals surface area contributed by atoms with Gasteiger partial charge in [0.05, 0.1) is 13.7 Å². The van der Waals surface area contributed by atoms with Crippen LogP contribution in [0.25, 0.3) is 0 Å². The summed E-state index contributed by atoms with van der Waals surface area (Å²) in [6.45, 7) is 9.90. The highest BCUT2D eigenvalue weighted by atomic mass is 16.5. The third-order valence-electron chi connectivity index (χ3n) is 4.27. The zero-order chi connectivity index (χ0) is 15.9. The molecule has 0 saturated carbocycles. The van der Waals surface area contributed by atoms with Crippen LogP contribution < -0.4 is 9.64 Å². The highest BCUT2D eigenvalue weighted by molar-refractivity contribution is 5.78. The fraction of sp³-hybridized carbons (Fsp3) is 0.588. The number of likely N-dealkylation sites (N-methyl/N-ethyl adjacent to an activating group) is 1. The lowest BCUT2D eigenvalue weighted by Gasteiger charge is -2.36. The van der Waals surface area contributed by atoms with Crippen LogP contribution in [0.3, 0.4) is 0 Å². The van der Waals surface area contributed by atoms with Gasteiger partial charge in [-0.25, -0.2) is 0 Å². The number of carbonyl (C=O) groups excluding carboxylic acids is 1. The fourth-order valence-electron chi connectivity index (χ4n) is 2.84. The highest BCUT2D eigenvalue weighted by Crippen LogP contribution is 2.22. The standard InChI is InChI=1S/C17H27N3O2/c1-4-19(5-2)17(21)14-18-9-11-20(12-10-18)15-7-6-8-16(13-15)22-3/h6-8,13H,4-5,9-12,14H2,1-3H3. The van der Waals surface area contributed by atoms with Crippen LogP contribution in [0, 0.1) is 0 Å². The molecule has 0 aromatic heterocycles. The van der Waals surface area contributed by atoms with Crippen LogP contribution in [0.1, 0.15) is 13.8 Å². The Hall–Kier alpha value is -1.75. The van der Waals surface area contributed by atoms with Gasteiger partial charge in [0.2, 0.25) is 5.91 Å². The third kappa shape index (κ3) is 4.13. The van der Waals surface area contributed by atoms with Crippen molar-refractivity contribution in [2.24, 2.45) is 0 Å². The minimum atomic E-state index is 0.236. The summed E-state index contributed by atoms with van der Waals surface area (Å²) in [6.07, 6.45) is 0.